The summed E-state index contributed by atoms with van der Waals surface area (Å²) in [5.74, 6) is 1.60. The molecule has 1 aromatic rings. The summed E-state index contributed by atoms with van der Waals surface area (Å²) >= 11 is 5.60. The van der Waals surface area contributed by atoms with E-state index in [1.807, 2.05) is 0 Å². The fraction of sp³-hybridized carbons (Fsp3) is 0.444. The highest BCUT2D eigenvalue weighted by atomic mass is 35.5. The van der Waals surface area contributed by atoms with Crippen LogP contribution in [0.15, 0.2) is 15.3 Å². The first kappa shape index (κ1) is 10.1. The van der Waals surface area contributed by atoms with Crippen molar-refractivity contribution >= 4 is 11.6 Å². The third kappa shape index (κ3) is 2.25. The Morgan fingerprint density at radius 1 is 1.62 bits per heavy atom. The van der Waals surface area contributed by atoms with Crippen molar-refractivity contribution < 1.29 is 9.15 Å². The van der Waals surface area contributed by atoms with Gasteiger partial charge in [-0.25, -0.2) is 4.79 Å². The zero-order chi connectivity index (χ0) is 9.84. The maximum absolute atomic E-state index is 10.9. The lowest BCUT2D eigenvalue weighted by atomic mass is 10.1. The highest BCUT2D eigenvalue weighted by molar-refractivity contribution is 6.18. The van der Waals surface area contributed by atoms with Crippen LogP contribution in [0.3, 0.4) is 0 Å². The summed E-state index contributed by atoms with van der Waals surface area (Å²) in [6.45, 7) is 1.73. The van der Waals surface area contributed by atoms with E-state index in [1.165, 1.54) is 13.2 Å². The minimum atomic E-state index is -0.396. The quantitative estimate of drug-likeness (QED) is 0.701. The van der Waals surface area contributed by atoms with Gasteiger partial charge in [-0.2, -0.15) is 0 Å². The first-order chi connectivity index (χ1) is 6.19. The summed E-state index contributed by atoms with van der Waals surface area (Å²) in [5, 5.41) is 0. The molecule has 0 aromatic carbocycles. The van der Waals surface area contributed by atoms with Crippen LogP contribution in [0.4, 0.5) is 0 Å². The molecule has 1 aromatic heterocycles. The predicted molar refractivity (Wildman–Crippen MR) is 50.7 cm³/mol. The highest BCUT2D eigenvalue weighted by Crippen LogP contribution is 2.20. The second-order valence-corrected chi connectivity index (χ2v) is 2.99. The second kappa shape index (κ2) is 4.33. The monoisotopic (exact) mass is 202 g/mol. The molecule has 3 nitrogen and oxygen atoms in total. The Labute approximate surface area is 81.3 Å². The molecule has 0 amide bonds. The number of rotatable bonds is 3. The second-order valence-electron chi connectivity index (χ2n) is 2.61. The van der Waals surface area contributed by atoms with Crippen molar-refractivity contribution in [3.63, 3.8) is 0 Å². The van der Waals surface area contributed by atoms with E-state index >= 15 is 0 Å². The molecule has 0 unspecified atom stereocenters. The van der Waals surface area contributed by atoms with Gasteiger partial charge in [0.15, 0.2) is 0 Å². The molecule has 72 valence electrons. The number of methoxy groups -OCH3 is 1. The molecule has 0 saturated heterocycles. The fourth-order valence-electron chi connectivity index (χ4n) is 1.19. The summed E-state index contributed by atoms with van der Waals surface area (Å²) in [6.07, 6.45) is 0.639. The molecule has 1 rings (SSSR count). The van der Waals surface area contributed by atoms with Gasteiger partial charge in [-0.15, -0.1) is 11.6 Å². The van der Waals surface area contributed by atoms with Gasteiger partial charge in [0.05, 0.1) is 13.2 Å². The predicted octanol–water partition coefficient (Wildman–Crippen LogP) is 1.74. The van der Waals surface area contributed by atoms with E-state index in [4.69, 9.17) is 20.8 Å². The summed E-state index contributed by atoms with van der Waals surface area (Å²) in [5.41, 5.74) is 0.463. The van der Waals surface area contributed by atoms with Gasteiger partial charge in [-0.1, -0.05) is 0 Å². The van der Waals surface area contributed by atoms with E-state index in [-0.39, 0.29) is 0 Å². The van der Waals surface area contributed by atoms with Crippen LogP contribution in [0.1, 0.15) is 11.3 Å². The Balaban J connectivity index is 3.21. The Kier molecular flexibility index (Phi) is 3.37. The molecule has 0 radical (unpaired) electrons. The van der Waals surface area contributed by atoms with Crippen LogP contribution in [0, 0.1) is 6.92 Å². The van der Waals surface area contributed by atoms with Gasteiger partial charge < -0.3 is 9.15 Å². The van der Waals surface area contributed by atoms with Crippen molar-refractivity contribution in [2.75, 3.05) is 13.0 Å². The number of hydrogen-bond acceptors (Lipinski definition) is 3. The number of ether oxygens (including phenoxy) is 1. The van der Waals surface area contributed by atoms with E-state index in [1.54, 1.807) is 6.92 Å². The van der Waals surface area contributed by atoms with Gasteiger partial charge in [0, 0.05) is 11.4 Å². The fourth-order valence-corrected chi connectivity index (χ4v) is 1.37. The number of aryl methyl sites for hydroxylation is 1. The smallest absolute Gasteiger partial charge is 0.339 e. The first-order valence-corrected chi connectivity index (χ1v) is 4.46. The highest BCUT2D eigenvalue weighted by Gasteiger charge is 2.09. The van der Waals surface area contributed by atoms with Crippen LogP contribution in [0.2, 0.25) is 0 Å². The van der Waals surface area contributed by atoms with E-state index in [0.717, 1.165) is 5.56 Å². The lowest BCUT2D eigenvalue weighted by Crippen LogP contribution is -2.05. The average Bonchev–Trinajstić information content (AvgIpc) is 2.09. The SMILES string of the molecule is COc1cc(=O)oc(C)c1CCCl. The van der Waals surface area contributed by atoms with E-state index in [9.17, 15) is 4.79 Å². The molecule has 4 heteroatoms. The Morgan fingerprint density at radius 3 is 2.85 bits per heavy atom. The van der Waals surface area contributed by atoms with E-state index < -0.39 is 5.63 Å². The van der Waals surface area contributed by atoms with Crippen molar-refractivity contribution in [3.8, 4) is 5.75 Å². The van der Waals surface area contributed by atoms with Crippen LogP contribution in [0.25, 0.3) is 0 Å². The first-order valence-electron chi connectivity index (χ1n) is 3.92. The maximum Gasteiger partial charge on any atom is 0.339 e. The van der Waals surface area contributed by atoms with Gasteiger partial charge in [0.1, 0.15) is 11.5 Å². The van der Waals surface area contributed by atoms with Crippen molar-refractivity contribution in [2.45, 2.75) is 13.3 Å². The largest absolute Gasteiger partial charge is 0.496 e. The number of alkyl halides is 1. The molecule has 0 aliphatic carbocycles. The minimum Gasteiger partial charge on any atom is -0.496 e. The molecule has 0 atom stereocenters. The molecular formula is C9H11ClO3. The molecule has 0 N–H and O–H groups in total. The molecule has 13 heavy (non-hydrogen) atoms. The molecule has 0 fully saturated rings. The third-order valence-corrected chi connectivity index (χ3v) is 1.98. The maximum atomic E-state index is 10.9. The average molecular weight is 203 g/mol. The normalized spacial score (nSPS) is 10.1. The van der Waals surface area contributed by atoms with Gasteiger partial charge in [0.25, 0.3) is 0 Å². The van der Waals surface area contributed by atoms with Crippen LogP contribution in [0.5, 0.6) is 5.75 Å². The third-order valence-electron chi connectivity index (χ3n) is 1.79. The van der Waals surface area contributed by atoms with Crippen LogP contribution < -0.4 is 10.4 Å². The standard InChI is InChI=1S/C9H11ClO3/c1-6-7(3-4-10)8(12-2)5-9(11)13-6/h5H,3-4H2,1-2H3. The summed E-state index contributed by atoms with van der Waals surface area (Å²) in [7, 11) is 1.52. The van der Waals surface area contributed by atoms with Gasteiger partial charge in [0.2, 0.25) is 0 Å². The molecule has 0 saturated carbocycles. The van der Waals surface area contributed by atoms with Crippen LogP contribution in [-0.4, -0.2) is 13.0 Å². The van der Waals surface area contributed by atoms with Crippen molar-refractivity contribution in [1.29, 1.82) is 0 Å². The van der Waals surface area contributed by atoms with E-state index in [0.29, 0.717) is 23.8 Å². The zero-order valence-corrected chi connectivity index (χ0v) is 8.35. The Hall–Kier alpha value is -0.960. The van der Waals surface area contributed by atoms with Gasteiger partial charge in [-0.05, 0) is 13.3 Å². The van der Waals surface area contributed by atoms with Crippen molar-refractivity contribution in [2.24, 2.45) is 0 Å². The zero-order valence-electron chi connectivity index (χ0n) is 7.59. The van der Waals surface area contributed by atoms with E-state index in [2.05, 4.69) is 0 Å². The van der Waals surface area contributed by atoms with Crippen molar-refractivity contribution in [3.05, 3.63) is 27.8 Å². The van der Waals surface area contributed by atoms with Crippen LogP contribution >= 0.6 is 11.6 Å². The lowest BCUT2D eigenvalue weighted by Gasteiger charge is -2.07. The number of hydrogen-bond donors (Lipinski definition) is 0. The van der Waals surface area contributed by atoms with Crippen molar-refractivity contribution in [1.82, 2.24) is 0 Å². The molecule has 0 bridgehead atoms. The minimum absolute atomic E-state index is 0.396. The van der Waals surface area contributed by atoms with Crippen LogP contribution in [-0.2, 0) is 6.42 Å². The molecule has 0 aliphatic heterocycles. The summed E-state index contributed by atoms with van der Waals surface area (Å²) in [6, 6.07) is 1.33. The number of halogens is 1. The Morgan fingerprint density at radius 2 is 2.31 bits per heavy atom. The molecule has 1 heterocycles. The topological polar surface area (TPSA) is 39.4 Å². The lowest BCUT2D eigenvalue weighted by molar-refractivity contribution is 0.389. The summed E-state index contributed by atoms with van der Waals surface area (Å²) in [4.78, 5) is 10.9. The van der Waals surface area contributed by atoms with Gasteiger partial charge in [-0.3, -0.25) is 0 Å². The summed E-state index contributed by atoms with van der Waals surface area (Å²) < 4.78 is 9.95. The molecular weight excluding hydrogens is 192 g/mol. The molecule has 0 aliphatic rings. The Bertz CT molecular complexity index is 343. The molecule has 0 spiro atoms. The van der Waals surface area contributed by atoms with Gasteiger partial charge >= 0.3 is 5.63 Å².